The molecule has 0 saturated carbocycles. The van der Waals surface area contributed by atoms with E-state index in [0.717, 1.165) is 29.0 Å². The molecule has 0 fully saturated rings. The Bertz CT molecular complexity index is 864. The van der Waals surface area contributed by atoms with Crippen LogP contribution >= 0.6 is 0 Å². The summed E-state index contributed by atoms with van der Waals surface area (Å²) in [5.41, 5.74) is 4.35. The number of carboxylic acids is 1. The molecular formula is C24H26N2O2. The Labute approximate surface area is 166 Å². The highest BCUT2D eigenvalue weighted by Crippen LogP contribution is 2.25. The standard InChI is InChI=1S/C24H26N2O2/c1-2-26(21-11-7-4-8-12-21)22-15-13-20(14-16-22)18-25-23(24(27)28)17-19-9-5-3-6-10-19/h3-16,23,25H,2,17-18H2,1H3,(H,27,28)/t23-/m0/s1. The van der Waals surface area contributed by atoms with Gasteiger partial charge in [-0.25, -0.2) is 0 Å². The number of hydrogen-bond acceptors (Lipinski definition) is 3. The molecule has 3 rings (SSSR count). The fraction of sp³-hybridized carbons (Fsp3) is 0.208. The van der Waals surface area contributed by atoms with Crippen LogP contribution in [0.4, 0.5) is 11.4 Å². The molecule has 28 heavy (non-hydrogen) atoms. The number of nitrogens with zero attached hydrogens (tertiary/aromatic N) is 1. The average Bonchev–Trinajstić information content (AvgIpc) is 2.74. The molecule has 0 aliphatic carbocycles. The second kappa shape index (κ2) is 9.72. The number of nitrogens with one attached hydrogen (secondary N) is 1. The van der Waals surface area contributed by atoms with Gasteiger partial charge in [-0.2, -0.15) is 0 Å². The van der Waals surface area contributed by atoms with Gasteiger partial charge in [0.1, 0.15) is 6.04 Å². The topological polar surface area (TPSA) is 52.6 Å². The predicted molar refractivity (Wildman–Crippen MR) is 114 cm³/mol. The van der Waals surface area contributed by atoms with Crippen LogP contribution in [-0.2, 0) is 17.8 Å². The minimum Gasteiger partial charge on any atom is -0.480 e. The minimum absolute atomic E-state index is 0.464. The number of carboxylic acid groups (broad SMARTS) is 1. The third-order valence-electron chi connectivity index (χ3n) is 4.77. The van der Waals surface area contributed by atoms with E-state index in [1.54, 1.807) is 0 Å². The van der Waals surface area contributed by atoms with Crippen LogP contribution in [0.2, 0.25) is 0 Å². The van der Waals surface area contributed by atoms with E-state index in [1.165, 1.54) is 0 Å². The number of carbonyl (C=O) groups is 1. The van der Waals surface area contributed by atoms with E-state index in [-0.39, 0.29) is 0 Å². The van der Waals surface area contributed by atoms with Gasteiger partial charge < -0.3 is 15.3 Å². The van der Waals surface area contributed by atoms with E-state index in [9.17, 15) is 9.90 Å². The van der Waals surface area contributed by atoms with Gasteiger partial charge in [0.2, 0.25) is 0 Å². The molecule has 0 heterocycles. The summed E-state index contributed by atoms with van der Waals surface area (Å²) in [6.07, 6.45) is 0.464. The fourth-order valence-electron chi connectivity index (χ4n) is 3.25. The molecule has 0 saturated heterocycles. The smallest absolute Gasteiger partial charge is 0.321 e. The van der Waals surface area contributed by atoms with E-state index in [2.05, 4.69) is 53.5 Å². The number of rotatable bonds is 9. The first kappa shape index (κ1) is 19.6. The molecule has 0 aliphatic heterocycles. The number of aliphatic carboxylic acids is 1. The van der Waals surface area contributed by atoms with Gasteiger partial charge in [-0.05, 0) is 48.7 Å². The number of para-hydroxylation sites is 1. The number of anilines is 2. The Morgan fingerprint density at radius 3 is 2.00 bits per heavy atom. The molecule has 3 aromatic rings. The zero-order valence-electron chi connectivity index (χ0n) is 16.1. The van der Waals surface area contributed by atoms with Gasteiger partial charge in [0.25, 0.3) is 0 Å². The molecule has 1 atom stereocenters. The number of benzene rings is 3. The quantitative estimate of drug-likeness (QED) is 0.573. The van der Waals surface area contributed by atoms with E-state index in [0.29, 0.717) is 13.0 Å². The lowest BCUT2D eigenvalue weighted by Gasteiger charge is -2.23. The molecule has 4 nitrogen and oxygen atoms in total. The lowest BCUT2D eigenvalue weighted by atomic mass is 10.1. The van der Waals surface area contributed by atoms with Gasteiger partial charge in [0.05, 0.1) is 0 Å². The highest BCUT2D eigenvalue weighted by molar-refractivity contribution is 5.74. The molecule has 4 heteroatoms. The predicted octanol–water partition coefficient (Wildman–Crippen LogP) is 4.63. The van der Waals surface area contributed by atoms with Crippen molar-refractivity contribution in [2.24, 2.45) is 0 Å². The van der Waals surface area contributed by atoms with Crippen LogP contribution < -0.4 is 10.2 Å². The summed E-state index contributed by atoms with van der Waals surface area (Å²) < 4.78 is 0. The van der Waals surface area contributed by atoms with Crippen LogP contribution in [0.15, 0.2) is 84.9 Å². The Morgan fingerprint density at radius 1 is 0.857 bits per heavy atom. The normalized spacial score (nSPS) is 11.8. The van der Waals surface area contributed by atoms with Crippen molar-refractivity contribution in [2.45, 2.75) is 25.9 Å². The summed E-state index contributed by atoms with van der Waals surface area (Å²) in [5.74, 6) is -0.832. The summed E-state index contributed by atoms with van der Waals surface area (Å²) in [4.78, 5) is 13.8. The van der Waals surface area contributed by atoms with Gasteiger partial charge in [-0.15, -0.1) is 0 Å². The van der Waals surface area contributed by atoms with Gasteiger partial charge in [-0.1, -0.05) is 60.7 Å². The van der Waals surface area contributed by atoms with Crippen molar-refractivity contribution >= 4 is 17.3 Å². The van der Waals surface area contributed by atoms with E-state index >= 15 is 0 Å². The lowest BCUT2D eigenvalue weighted by Crippen LogP contribution is -2.38. The van der Waals surface area contributed by atoms with E-state index in [4.69, 9.17) is 0 Å². The van der Waals surface area contributed by atoms with Crippen molar-refractivity contribution in [3.05, 3.63) is 96.1 Å². The van der Waals surface area contributed by atoms with Crippen LogP contribution in [0.3, 0.4) is 0 Å². The maximum Gasteiger partial charge on any atom is 0.321 e. The van der Waals surface area contributed by atoms with Crippen LogP contribution in [-0.4, -0.2) is 23.7 Å². The highest BCUT2D eigenvalue weighted by Gasteiger charge is 2.17. The van der Waals surface area contributed by atoms with Crippen molar-refractivity contribution in [3.63, 3.8) is 0 Å². The zero-order valence-corrected chi connectivity index (χ0v) is 16.1. The molecule has 0 radical (unpaired) electrons. The molecule has 0 bridgehead atoms. The largest absolute Gasteiger partial charge is 0.480 e. The zero-order chi connectivity index (χ0) is 19.8. The first-order valence-electron chi connectivity index (χ1n) is 9.59. The molecule has 0 aromatic heterocycles. The minimum atomic E-state index is -0.832. The van der Waals surface area contributed by atoms with Crippen molar-refractivity contribution in [1.82, 2.24) is 5.32 Å². The van der Waals surface area contributed by atoms with Crippen molar-refractivity contribution in [2.75, 3.05) is 11.4 Å². The summed E-state index contributed by atoms with van der Waals surface area (Å²) in [6, 6.07) is 27.6. The van der Waals surface area contributed by atoms with Gasteiger partial charge in [0.15, 0.2) is 0 Å². The molecule has 0 spiro atoms. The van der Waals surface area contributed by atoms with E-state index < -0.39 is 12.0 Å². The Kier molecular flexibility index (Phi) is 6.82. The molecule has 0 amide bonds. The SMILES string of the molecule is CCN(c1ccccc1)c1ccc(CN[C@@H](Cc2ccccc2)C(=O)O)cc1. The third kappa shape index (κ3) is 5.21. The van der Waals surface area contributed by atoms with Crippen LogP contribution in [0.25, 0.3) is 0 Å². The van der Waals surface area contributed by atoms with Crippen LogP contribution in [0.5, 0.6) is 0 Å². The lowest BCUT2D eigenvalue weighted by molar-refractivity contribution is -0.139. The Morgan fingerprint density at radius 2 is 1.43 bits per heavy atom. The first-order valence-corrected chi connectivity index (χ1v) is 9.59. The monoisotopic (exact) mass is 374 g/mol. The number of hydrogen-bond donors (Lipinski definition) is 2. The molecular weight excluding hydrogens is 348 g/mol. The molecule has 144 valence electrons. The van der Waals surface area contributed by atoms with Crippen molar-refractivity contribution in [1.29, 1.82) is 0 Å². The summed E-state index contributed by atoms with van der Waals surface area (Å²) in [6.45, 7) is 3.52. The van der Waals surface area contributed by atoms with Crippen LogP contribution in [0.1, 0.15) is 18.1 Å². The van der Waals surface area contributed by atoms with Gasteiger partial charge in [0, 0.05) is 24.5 Å². The summed E-state index contributed by atoms with van der Waals surface area (Å²) >= 11 is 0. The maximum absolute atomic E-state index is 11.6. The summed E-state index contributed by atoms with van der Waals surface area (Å²) in [7, 11) is 0. The van der Waals surface area contributed by atoms with Crippen molar-refractivity contribution in [3.8, 4) is 0 Å². The molecule has 0 unspecified atom stereocenters. The van der Waals surface area contributed by atoms with Gasteiger partial charge >= 0.3 is 5.97 Å². The highest BCUT2D eigenvalue weighted by atomic mass is 16.4. The second-order valence-electron chi connectivity index (χ2n) is 6.71. The van der Waals surface area contributed by atoms with Crippen LogP contribution in [0, 0.1) is 0 Å². The Hall–Kier alpha value is -3.11. The van der Waals surface area contributed by atoms with Gasteiger partial charge in [-0.3, -0.25) is 4.79 Å². The Balaban J connectivity index is 1.63. The third-order valence-corrected chi connectivity index (χ3v) is 4.77. The van der Waals surface area contributed by atoms with Crippen molar-refractivity contribution < 1.29 is 9.90 Å². The maximum atomic E-state index is 11.6. The molecule has 3 aromatic carbocycles. The average molecular weight is 374 g/mol. The first-order chi connectivity index (χ1) is 13.7. The second-order valence-corrected chi connectivity index (χ2v) is 6.71. The fourth-order valence-corrected chi connectivity index (χ4v) is 3.25. The molecule has 0 aliphatic rings. The molecule has 2 N–H and O–H groups in total. The van der Waals surface area contributed by atoms with E-state index in [1.807, 2.05) is 48.5 Å². The summed E-state index contributed by atoms with van der Waals surface area (Å²) in [5, 5.41) is 12.7.